The number of para-hydroxylation sites is 1. The average Bonchev–Trinajstić information content (AvgIpc) is 3.66. The van der Waals surface area contributed by atoms with Crippen LogP contribution in [0.5, 0.6) is 0 Å². The summed E-state index contributed by atoms with van der Waals surface area (Å²) in [5, 5.41) is 0. The van der Waals surface area contributed by atoms with Crippen LogP contribution < -0.4 is 4.90 Å². The van der Waals surface area contributed by atoms with Gasteiger partial charge in [-0.1, -0.05) is 212 Å². The Morgan fingerprint density at radius 2 is 0.677 bits per heavy atom. The van der Waals surface area contributed by atoms with Crippen molar-refractivity contribution in [1.29, 1.82) is 0 Å². The second-order valence-electron chi connectivity index (χ2n) is 16.0. The molecule has 1 nitrogen and oxygen atoms in total. The van der Waals surface area contributed by atoms with Crippen LogP contribution in [0.1, 0.15) is 22.3 Å². The van der Waals surface area contributed by atoms with E-state index in [4.69, 9.17) is 0 Å². The zero-order chi connectivity index (χ0) is 41.3. The third kappa shape index (κ3) is 6.35. The van der Waals surface area contributed by atoms with Gasteiger partial charge in [0.15, 0.2) is 0 Å². The van der Waals surface area contributed by atoms with Crippen LogP contribution in [0.3, 0.4) is 0 Å². The summed E-state index contributed by atoms with van der Waals surface area (Å²) in [4.78, 5) is 2.42. The number of benzene rings is 10. The molecule has 0 saturated heterocycles. The third-order valence-electron chi connectivity index (χ3n) is 12.5. The molecule has 0 aromatic heterocycles. The Hall–Kier alpha value is -8.00. The molecule has 0 radical (unpaired) electrons. The van der Waals surface area contributed by atoms with Crippen molar-refractivity contribution in [1.82, 2.24) is 0 Å². The standard InChI is InChI=1S/C61H43N/c1-7-22-44(23-8-1)48-41-55(45-24-9-2-10-25-45)60(56(42-48)46-26-11-3-12-27-46)47-28-21-35-52(40-47)62(51-33-17-6-18-34-51)53-38-39-59-57(43-53)54-36-19-20-37-58(54)61(59,49-29-13-4-14-30-49)50-31-15-5-16-32-50/h1-43H. The quantitative estimate of drug-likeness (QED) is 0.141. The van der Waals surface area contributed by atoms with Crippen LogP contribution in [0.4, 0.5) is 17.1 Å². The summed E-state index contributed by atoms with van der Waals surface area (Å²) in [6, 6.07) is 95.2. The smallest absolute Gasteiger partial charge is 0.0713 e. The van der Waals surface area contributed by atoms with Crippen LogP contribution in [-0.2, 0) is 5.41 Å². The highest BCUT2D eigenvalue weighted by Crippen LogP contribution is 2.57. The van der Waals surface area contributed by atoms with Crippen molar-refractivity contribution in [3.05, 3.63) is 283 Å². The van der Waals surface area contributed by atoms with Crippen LogP contribution in [0.25, 0.3) is 55.6 Å². The molecule has 0 fully saturated rings. The fourth-order valence-corrected chi connectivity index (χ4v) is 9.84. The molecule has 1 aliphatic rings. The fourth-order valence-electron chi connectivity index (χ4n) is 9.84. The molecule has 0 unspecified atom stereocenters. The Kier molecular flexibility index (Phi) is 9.48. The molecule has 1 aliphatic carbocycles. The Labute approximate surface area is 364 Å². The van der Waals surface area contributed by atoms with Crippen LogP contribution in [0, 0.1) is 0 Å². The van der Waals surface area contributed by atoms with Crippen molar-refractivity contribution in [2.45, 2.75) is 5.41 Å². The number of fused-ring (bicyclic) bond motifs is 3. The number of anilines is 3. The van der Waals surface area contributed by atoms with E-state index in [2.05, 4.69) is 266 Å². The summed E-state index contributed by atoms with van der Waals surface area (Å²) in [6.07, 6.45) is 0. The van der Waals surface area contributed by atoms with Crippen LogP contribution in [-0.4, -0.2) is 0 Å². The van der Waals surface area contributed by atoms with Gasteiger partial charge in [0, 0.05) is 17.1 Å². The van der Waals surface area contributed by atoms with E-state index in [1.165, 1.54) is 72.3 Å². The molecule has 0 amide bonds. The molecule has 0 heterocycles. The van der Waals surface area contributed by atoms with Crippen LogP contribution >= 0.6 is 0 Å². The second-order valence-corrected chi connectivity index (χ2v) is 16.0. The maximum atomic E-state index is 2.42. The molecule has 292 valence electrons. The predicted molar refractivity (Wildman–Crippen MR) is 260 cm³/mol. The van der Waals surface area contributed by atoms with Crippen molar-refractivity contribution in [3.8, 4) is 55.6 Å². The van der Waals surface area contributed by atoms with E-state index in [-0.39, 0.29) is 0 Å². The van der Waals surface area contributed by atoms with Gasteiger partial charge in [-0.05, 0) is 126 Å². The van der Waals surface area contributed by atoms with E-state index in [9.17, 15) is 0 Å². The number of hydrogen-bond donors (Lipinski definition) is 0. The molecular weight excluding hydrogens is 747 g/mol. The molecule has 10 aromatic rings. The first-order valence-electron chi connectivity index (χ1n) is 21.4. The maximum absolute atomic E-state index is 2.42. The first kappa shape index (κ1) is 37.0. The van der Waals surface area contributed by atoms with Crippen molar-refractivity contribution < 1.29 is 0 Å². The highest BCUT2D eigenvalue weighted by atomic mass is 15.1. The highest BCUT2D eigenvalue weighted by Gasteiger charge is 2.46. The molecule has 0 bridgehead atoms. The minimum absolute atomic E-state index is 0.460. The summed E-state index contributed by atoms with van der Waals surface area (Å²) in [5.74, 6) is 0. The summed E-state index contributed by atoms with van der Waals surface area (Å²) >= 11 is 0. The lowest BCUT2D eigenvalue weighted by Crippen LogP contribution is -2.28. The van der Waals surface area contributed by atoms with Crippen molar-refractivity contribution in [3.63, 3.8) is 0 Å². The first-order valence-corrected chi connectivity index (χ1v) is 21.4. The molecule has 1 heteroatoms. The Bertz CT molecular complexity index is 3040. The topological polar surface area (TPSA) is 3.24 Å². The molecule has 11 rings (SSSR count). The SMILES string of the molecule is c1ccc(-c2cc(-c3ccccc3)c(-c3cccc(N(c4ccccc4)c4ccc5c(c4)-c4ccccc4C5(c4ccccc4)c4ccccc4)c3)c(-c3ccccc3)c2)cc1. The lowest BCUT2D eigenvalue weighted by molar-refractivity contribution is 0.768. The average molecular weight is 790 g/mol. The Morgan fingerprint density at radius 3 is 1.26 bits per heavy atom. The molecule has 0 aliphatic heterocycles. The van der Waals surface area contributed by atoms with Gasteiger partial charge in [0.25, 0.3) is 0 Å². The van der Waals surface area contributed by atoms with Crippen molar-refractivity contribution in [2.24, 2.45) is 0 Å². The van der Waals surface area contributed by atoms with Gasteiger partial charge >= 0.3 is 0 Å². The first-order chi connectivity index (χ1) is 30.8. The van der Waals surface area contributed by atoms with E-state index in [0.717, 1.165) is 22.6 Å². The Balaban J connectivity index is 1.13. The normalized spacial score (nSPS) is 12.3. The summed E-state index contributed by atoms with van der Waals surface area (Å²) in [6.45, 7) is 0. The Morgan fingerprint density at radius 1 is 0.242 bits per heavy atom. The minimum atomic E-state index is -0.460. The summed E-state index contributed by atoms with van der Waals surface area (Å²) < 4.78 is 0. The summed E-state index contributed by atoms with van der Waals surface area (Å²) in [7, 11) is 0. The van der Waals surface area contributed by atoms with Crippen molar-refractivity contribution in [2.75, 3.05) is 4.90 Å². The van der Waals surface area contributed by atoms with Gasteiger partial charge in [-0.25, -0.2) is 0 Å². The van der Waals surface area contributed by atoms with Gasteiger partial charge in [-0.2, -0.15) is 0 Å². The van der Waals surface area contributed by atoms with E-state index < -0.39 is 5.41 Å². The number of rotatable bonds is 9. The van der Waals surface area contributed by atoms with Crippen LogP contribution in [0.15, 0.2) is 261 Å². The van der Waals surface area contributed by atoms with Crippen LogP contribution in [0.2, 0.25) is 0 Å². The van der Waals surface area contributed by atoms with Gasteiger partial charge in [-0.15, -0.1) is 0 Å². The number of nitrogens with zero attached hydrogens (tertiary/aromatic N) is 1. The monoisotopic (exact) mass is 789 g/mol. The largest absolute Gasteiger partial charge is 0.310 e. The zero-order valence-electron chi connectivity index (χ0n) is 34.3. The maximum Gasteiger partial charge on any atom is 0.0713 e. The van der Waals surface area contributed by atoms with E-state index in [1.807, 2.05) is 0 Å². The van der Waals surface area contributed by atoms with Gasteiger partial charge in [0.05, 0.1) is 5.41 Å². The molecule has 10 aromatic carbocycles. The number of hydrogen-bond acceptors (Lipinski definition) is 1. The zero-order valence-corrected chi connectivity index (χ0v) is 34.3. The van der Waals surface area contributed by atoms with E-state index in [0.29, 0.717) is 0 Å². The lowest BCUT2D eigenvalue weighted by Gasteiger charge is -2.34. The van der Waals surface area contributed by atoms with E-state index >= 15 is 0 Å². The van der Waals surface area contributed by atoms with Gasteiger partial charge in [0.1, 0.15) is 0 Å². The fraction of sp³-hybridized carbons (Fsp3) is 0.0164. The molecular formula is C61H43N. The molecule has 0 saturated carbocycles. The molecule has 0 N–H and O–H groups in total. The van der Waals surface area contributed by atoms with E-state index in [1.54, 1.807) is 0 Å². The minimum Gasteiger partial charge on any atom is -0.310 e. The second kappa shape index (κ2) is 15.9. The lowest BCUT2D eigenvalue weighted by atomic mass is 9.68. The van der Waals surface area contributed by atoms with Gasteiger partial charge in [-0.3, -0.25) is 0 Å². The molecule has 0 atom stereocenters. The van der Waals surface area contributed by atoms with Gasteiger partial charge < -0.3 is 4.90 Å². The molecule has 62 heavy (non-hydrogen) atoms. The highest BCUT2D eigenvalue weighted by molar-refractivity contribution is 5.99. The van der Waals surface area contributed by atoms with Gasteiger partial charge in [0.2, 0.25) is 0 Å². The summed E-state index contributed by atoms with van der Waals surface area (Å²) in [5.41, 5.74) is 19.9. The van der Waals surface area contributed by atoms with Crippen molar-refractivity contribution >= 4 is 17.1 Å². The third-order valence-corrected chi connectivity index (χ3v) is 12.5. The molecule has 0 spiro atoms. The predicted octanol–water partition coefficient (Wildman–Crippen LogP) is 16.2.